The van der Waals surface area contributed by atoms with E-state index in [4.69, 9.17) is 0 Å². The summed E-state index contributed by atoms with van der Waals surface area (Å²) in [5.74, 6) is 0. The van der Waals surface area contributed by atoms with Crippen LogP contribution in [0.1, 0.15) is 16.7 Å². The number of aryl methyl sites for hydroxylation is 1. The second-order valence-corrected chi connectivity index (χ2v) is 19.2. The minimum atomic E-state index is -4.54. The van der Waals surface area contributed by atoms with Crippen LogP contribution in [0.2, 0.25) is 0 Å². The third-order valence-electron chi connectivity index (χ3n) is 14.6. The molecule has 0 radical (unpaired) electrons. The first-order valence-corrected chi connectivity index (χ1v) is 24.9. The molecule has 2 heterocycles. The molecule has 13 rings (SSSR count). The second-order valence-electron chi connectivity index (χ2n) is 19.2. The molecule has 0 atom stereocenters. The lowest BCUT2D eigenvalue weighted by atomic mass is 9.93. The highest BCUT2D eigenvalue weighted by molar-refractivity contribution is 6.14. The van der Waals surface area contributed by atoms with Crippen molar-refractivity contribution in [3.63, 3.8) is 0 Å². The molecule has 0 saturated heterocycles. The third kappa shape index (κ3) is 8.03. The monoisotopic (exact) mass is 971 g/mol. The van der Waals surface area contributed by atoms with Gasteiger partial charge in [-0.1, -0.05) is 164 Å². The molecule has 2 aromatic heterocycles. The molecule has 0 aliphatic heterocycles. The molecule has 0 saturated carbocycles. The van der Waals surface area contributed by atoms with Crippen LogP contribution < -0.4 is 0 Å². The SMILES string of the molecule is Cc1cc(-c2ccc(-n3c4ccc(-c5ccccc5)cc4c4cc(-c5ccccc5)ccc43)c(-c3ccc(C#N)cc3-n3c4ccc(-c5ccccc5)cc4c4cc(-c5ccccc5)ccc43)c2)cc(C(F)(F)F)c1. The maximum absolute atomic E-state index is 14.6. The summed E-state index contributed by atoms with van der Waals surface area (Å²) in [7, 11) is 0. The van der Waals surface area contributed by atoms with Gasteiger partial charge in [0.1, 0.15) is 0 Å². The van der Waals surface area contributed by atoms with Gasteiger partial charge in [0.15, 0.2) is 0 Å². The summed E-state index contributed by atoms with van der Waals surface area (Å²) in [5, 5.41) is 14.9. The van der Waals surface area contributed by atoms with E-state index in [2.05, 4.69) is 137 Å². The van der Waals surface area contributed by atoms with Crippen LogP contribution in [-0.4, -0.2) is 9.13 Å². The summed E-state index contributed by atoms with van der Waals surface area (Å²) in [4.78, 5) is 0. The number of fused-ring (bicyclic) bond motifs is 6. The van der Waals surface area contributed by atoms with Crippen molar-refractivity contribution in [2.75, 3.05) is 0 Å². The first-order valence-electron chi connectivity index (χ1n) is 24.9. The zero-order valence-corrected chi connectivity index (χ0v) is 40.6. The summed E-state index contributed by atoms with van der Waals surface area (Å²) in [6.07, 6.45) is -4.54. The summed E-state index contributed by atoms with van der Waals surface area (Å²) in [6, 6.07) is 86.1. The van der Waals surface area contributed by atoms with E-state index in [1.54, 1.807) is 6.92 Å². The summed E-state index contributed by atoms with van der Waals surface area (Å²) in [5.41, 5.74) is 17.0. The van der Waals surface area contributed by atoms with Gasteiger partial charge in [0, 0.05) is 32.7 Å². The van der Waals surface area contributed by atoms with Crippen molar-refractivity contribution in [2.24, 2.45) is 0 Å². The molecule has 3 nitrogen and oxygen atoms in total. The van der Waals surface area contributed by atoms with Gasteiger partial charge < -0.3 is 9.13 Å². The summed E-state index contributed by atoms with van der Waals surface area (Å²) < 4.78 is 48.3. The molecule has 0 fully saturated rings. The number of rotatable bonds is 8. The number of nitrogens with zero attached hydrogens (tertiary/aromatic N) is 3. The normalized spacial score (nSPS) is 11.7. The maximum atomic E-state index is 14.6. The van der Waals surface area contributed by atoms with Gasteiger partial charge in [0.25, 0.3) is 0 Å². The molecule has 0 amide bonds. The van der Waals surface area contributed by atoms with E-state index in [9.17, 15) is 18.4 Å². The molecule has 0 N–H and O–H groups in total. The highest BCUT2D eigenvalue weighted by Gasteiger charge is 2.31. The average molecular weight is 972 g/mol. The van der Waals surface area contributed by atoms with E-state index >= 15 is 0 Å². The molecule has 0 spiro atoms. The largest absolute Gasteiger partial charge is 0.416 e. The lowest BCUT2D eigenvalue weighted by Gasteiger charge is -2.20. The number of hydrogen-bond acceptors (Lipinski definition) is 1. The predicted octanol–water partition coefficient (Wildman–Crippen LogP) is 19.1. The Morgan fingerprint density at radius 2 is 0.720 bits per heavy atom. The zero-order chi connectivity index (χ0) is 50.8. The van der Waals surface area contributed by atoms with Crippen LogP contribution in [0.3, 0.4) is 0 Å². The van der Waals surface area contributed by atoms with Crippen LogP contribution in [-0.2, 0) is 6.18 Å². The molecular formula is C69H44F3N3. The van der Waals surface area contributed by atoms with Gasteiger partial charge in [-0.05, 0) is 153 Å². The van der Waals surface area contributed by atoms with Crippen LogP contribution in [0.15, 0.2) is 249 Å². The van der Waals surface area contributed by atoms with Crippen molar-refractivity contribution in [1.82, 2.24) is 9.13 Å². The van der Waals surface area contributed by atoms with E-state index in [-0.39, 0.29) is 0 Å². The number of aromatic nitrogens is 2. The summed E-state index contributed by atoms with van der Waals surface area (Å²) in [6.45, 7) is 1.70. The Bertz CT molecular complexity index is 4200. The fraction of sp³-hybridized carbons (Fsp3) is 0.0290. The molecule has 11 aromatic carbocycles. The van der Waals surface area contributed by atoms with Gasteiger partial charge in [-0.15, -0.1) is 0 Å². The third-order valence-corrected chi connectivity index (χ3v) is 14.6. The van der Waals surface area contributed by atoms with Crippen molar-refractivity contribution in [3.05, 3.63) is 265 Å². The first kappa shape index (κ1) is 45.2. The van der Waals surface area contributed by atoms with E-state index in [1.165, 1.54) is 12.1 Å². The predicted molar refractivity (Wildman–Crippen MR) is 302 cm³/mol. The number of alkyl halides is 3. The lowest BCUT2D eigenvalue weighted by Crippen LogP contribution is -2.05. The van der Waals surface area contributed by atoms with Crippen molar-refractivity contribution in [3.8, 4) is 84.2 Å². The Morgan fingerprint density at radius 1 is 0.333 bits per heavy atom. The molecule has 0 bridgehead atoms. The van der Waals surface area contributed by atoms with E-state index in [0.29, 0.717) is 22.3 Å². The molecule has 13 aromatic rings. The van der Waals surface area contributed by atoms with Gasteiger partial charge in [-0.3, -0.25) is 0 Å². The minimum Gasteiger partial charge on any atom is -0.309 e. The van der Waals surface area contributed by atoms with Crippen LogP contribution >= 0.6 is 0 Å². The average Bonchev–Trinajstić information content (AvgIpc) is 4.03. The highest BCUT2D eigenvalue weighted by atomic mass is 19.4. The van der Waals surface area contributed by atoms with Crippen molar-refractivity contribution in [1.29, 1.82) is 5.26 Å². The maximum Gasteiger partial charge on any atom is 0.416 e. The van der Waals surface area contributed by atoms with Crippen LogP contribution in [0.25, 0.3) is 122 Å². The van der Waals surface area contributed by atoms with Gasteiger partial charge in [-0.25, -0.2) is 0 Å². The Hall–Kier alpha value is -9.70. The minimum absolute atomic E-state index is 0.450. The highest BCUT2D eigenvalue weighted by Crippen LogP contribution is 2.45. The molecule has 0 unspecified atom stereocenters. The van der Waals surface area contributed by atoms with Crippen molar-refractivity contribution in [2.45, 2.75) is 13.1 Å². The van der Waals surface area contributed by atoms with E-state index in [1.807, 2.05) is 115 Å². The number of benzene rings is 11. The van der Waals surface area contributed by atoms with Crippen molar-refractivity contribution >= 4 is 43.6 Å². The summed E-state index contributed by atoms with van der Waals surface area (Å²) >= 11 is 0. The van der Waals surface area contributed by atoms with Crippen LogP contribution in [0, 0.1) is 18.3 Å². The van der Waals surface area contributed by atoms with E-state index < -0.39 is 11.7 Å². The molecular weight excluding hydrogens is 928 g/mol. The topological polar surface area (TPSA) is 33.6 Å². The van der Waals surface area contributed by atoms with Gasteiger partial charge in [0.2, 0.25) is 0 Å². The van der Waals surface area contributed by atoms with Crippen LogP contribution in [0.4, 0.5) is 13.2 Å². The van der Waals surface area contributed by atoms with Gasteiger partial charge in [0.05, 0.1) is 50.6 Å². The second kappa shape index (κ2) is 18.1. The Labute approximate surface area is 431 Å². The Morgan fingerprint density at radius 3 is 1.12 bits per heavy atom. The standard InChI is InChI=1S/C69H44F3N3/c1-44-34-55(37-56(35-44)69(70,71)72)54-27-33-63(74-64-29-23-50(46-14-6-2-7-15-46)38-59(64)60-39-51(24-30-65(60)74)47-16-8-3-9-17-47)58(42-54)57-28-22-45(43-73)36-68(57)75-66-31-25-52(48-18-10-4-11-19-48)40-61(66)62-41-53(26-32-67(62)75)49-20-12-5-13-21-49/h2-42H,1H3. The fourth-order valence-electron chi connectivity index (χ4n) is 11.1. The smallest absolute Gasteiger partial charge is 0.309 e. The quantitative estimate of drug-likeness (QED) is 0.149. The van der Waals surface area contributed by atoms with Crippen molar-refractivity contribution < 1.29 is 13.2 Å². The van der Waals surface area contributed by atoms with Gasteiger partial charge in [-0.2, -0.15) is 18.4 Å². The fourth-order valence-corrected chi connectivity index (χ4v) is 11.1. The zero-order valence-electron chi connectivity index (χ0n) is 40.6. The Balaban J connectivity index is 1.12. The number of nitriles is 1. The van der Waals surface area contributed by atoms with Gasteiger partial charge >= 0.3 is 6.18 Å². The van der Waals surface area contributed by atoms with Crippen LogP contribution in [0.5, 0.6) is 0 Å². The number of halogens is 3. The molecule has 0 aliphatic carbocycles. The molecule has 6 heteroatoms. The first-order chi connectivity index (χ1) is 36.7. The number of hydrogen-bond donors (Lipinski definition) is 0. The lowest BCUT2D eigenvalue weighted by molar-refractivity contribution is -0.137. The molecule has 356 valence electrons. The molecule has 75 heavy (non-hydrogen) atoms. The Kier molecular flexibility index (Phi) is 10.9. The van der Waals surface area contributed by atoms with E-state index in [0.717, 1.165) is 111 Å². The molecule has 0 aliphatic rings.